The maximum absolute atomic E-state index is 12.5. The van der Waals surface area contributed by atoms with Crippen molar-refractivity contribution in [3.63, 3.8) is 0 Å². The molecule has 2 aliphatic rings. The Morgan fingerprint density at radius 3 is 2.50 bits per heavy atom. The van der Waals surface area contributed by atoms with Gasteiger partial charge < -0.3 is 5.11 Å². The molecule has 2 rings (SSSR count). The van der Waals surface area contributed by atoms with Crippen LogP contribution in [0.1, 0.15) is 47.0 Å². The molecule has 0 spiro atoms. The van der Waals surface area contributed by atoms with Crippen molar-refractivity contribution in [2.24, 2.45) is 22.7 Å². The number of fused-ring (bicyclic) bond motifs is 2. The van der Waals surface area contributed by atoms with Gasteiger partial charge in [0.15, 0.2) is 5.78 Å². The van der Waals surface area contributed by atoms with Gasteiger partial charge in [-0.2, -0.15) is 0 Å². The fraction of sp³-hybridized carbons (Fsp3) is 0.733. The number of aliphatic carboxylic acids is 1. The number of Topliss-reactive ketones (excluding diaryl/α,β-unsaturated/α-hetero) is 1. The van der Waals surface area contributed by atoms with E-state index >= 15 is 0 Å². The van der Waals surface area contributed by atoms with Crippen LogP contribution < -0.4 is 0 Å². The lowest BCUT2D eigenvalue weighted by molar-refractivity contribution is -0.140. The number of carboxylic acids is 1. The van der Waals surface area contributed by atoms with Crippen LogP contribution in [0.5, 0.6) is 0 Å². The zero-order chi connectivity index (χ0) is 13.7. The molecule has 0 aliphatic heterocycles. The molecule has 18 heavy (non-hydrogen) atoms. The number of rotatable bonds is 3. The Labute approximate surface area is 108 Å². The molecule has 0 aromatic carbocycles. The van der Waals surface area contributed by atoms with E-state index in [1.165, 1.54) is 0 Å². The highest BCUT2D eigenvalue weighted by Crippen LogP contribution is 2.65. The molecule has 2 saturated carbocycles. The summed E-state index contributed by atoms with van der Waals surface area (Å²) in [5.41, 5.74) is 0.454. The fourth-order valence-electron chi connectivity index (χ4n) is 3.70. The van der Waals surface area contributed by atoms with E-state index in [9.17, 15) is 9.59 Å². The van der Waals surface area contributed by atoms with E-state index in [1.54, 1.807) is 6.08 Å². The lowest BCUT2D eigenvalue weighted by Crippen LogP contribution is -2.32. The summed E-state index contributed by atoms with van der Waals surface area (Å²) in [6.07, 6.45) is 4.21. The summed E-state index contributed by atoms with van der Waals surface area (Å²) in [4.78, 5) is 23.6. The minimum Gasteiger partial charge on any atom is -0.481 e. The Morgan fingerprint density at radius 1 is 1.50 bits per heavy atom. The van der Waals surface area contributed by atoms with E-state index in [-0.39, 0.29) is 22.5 Å². The fourth-order valence-corrected chi connectivity index (χ4v) is 3.70. The molecule has 100 valence electrons. The molecular weight excluding hydrogens is 228 g/mol. The molecule has 3 heteroatoms. The third-order valence-corrected chi connectivity index (χ3v) is 5.50. The van der Waals surface area contributed by atoms with Gasteiger partial charge in [0.2, 0.25) is 0 Å². The lowest BCUT2D eigenvalue weighted by Gasteiger charge is -2.31. The molecule has 2 fully saturated rings. The molecule has 2 bridgehead atoms. The molecule has 0 amide bonds. The minimum absolute atomic E-state index is 0.0350. The third-order valence-electron chi connectivity index (χ3n) is 5.50. The molecule has 0 saturated heterocycles. The Hall–Kier alpha value is -1.12. The summed E-state index contributed by atoms with van der Waals surface area (Å²) < 4.78 is 0. The van der Waals surface area contributed by atoms with Crippen molar-refractivity contribution in [2.75, 3.05) is 0 Å². The summed E-state index contributed by atoms with van der Waals surface area (Å²) in [6.45, 7) is 8.18. The predicted molar refractivity (Wildman–Crippen MR) is 69.1 cm³/mol. The predicted octanol–water partition coefficient (Wildman–Crippen LogP) is 3.05. The Balaban J connectivity index is 2.41. The van der Waals surface area contributed by atoms with Gasteiger partial charge in [0.25, 0.3) is 0 Å². The largest absolute Gasteiger partial charge is 0.481 e. The van der Waals surface area contributed by atoms with Crippen LogP contribution in [-0.4, -0.2) is 16.9 Å². The quantitative estimate of drug-likeness (QED) is 0.783. The van der Waals surface area contributed by atoms with Crippen LogP contribution in [0.4, 0.5) is 0 Å². The standard InChI is InChI=1S/C15H22O3/c1-5-9(13(17)18)8-10-11-6-7-15(4,12(10)16)14(11,2)3/h8-9,11H,5-7H2,1-4H3,(H,17,18)/b10-8+/t9-,11+,15-/m0/s1. The Kier molecular flexibility index (Phi) is 2.91. The van der Waals surface area contributed by atoms with Crippen LogP contribution in [0.15, 0.2) is 11.6 Å². The second-order valence-electron chi connectivity index (χ2n) is 6.45. The highest BCUT2D eigenvalue weighted by atomic mass is 16.4. The van der Waals surface area contributed by atoms with Crippen LogP contribution in [0, 0.1) is 22.7 Å². The zero-order valence-corrected chi connectivity index (χ0v) is 11.6. The monoisotopic (exact) mass is 250 g/mol. The summed E-state index contributed by atoms with van der Waals surface area (Å²) >= 11 is 0. The van der Waals surface area contributed by atoms with Gasteiger partial charge in [-0.25, -0.2) is 0 Å². The molecule has 0 aromatic heterocycles. The highest BCUT2D eigenvalue weighted by molar-refractivity contribution is 6.05. The number of carbonyl (C=O) groups excluding carboxylic acids is 1. The molecular formula is C15H22O3. The van der Waals surface area contributed by atoms with Gasteiger partial charge in [-0.3, -0.25) is 9.59 Å². The first kappa shape index (κ1) is 13.3. The van der Waals surface area contributed by atoms with E-state index in [4.69, 9.17) is 5.11 Å². The number of hydrogen-bond donors (Lipinski definition) is 1. The molecule has 3 nitrogen and oxygen atoms in total. The first-order valence-electron chi connectivity index (χ1n) is 6.75. The number of hydrogen-bond acceptors (Lipinski definition) is 2. The van der Waals surface area contributed by atoms with Crippen LogP contribution in [0.2, 0.25) is 0 Å². The van der Waals surface area contributed by atoms with Crippen molar-refractivity contribution in [1.82, 2.24) is 0 Å². The summed E-state index contributed by atoms with van der Waals surface area (Å²) in [5.74, 6) is -0.932. The van der Waals surface area contributed by atoms with E-state index in [0.29, 0.717) is 6.42 Å². The smallest absolute Gasteiger partial charge is 0.310 e. The zero-order valence-electron chi connectivity index (χ0n) is 11.6. The first-order valence-corrected chi connectivity index (χ1v) is 6.75. The molecule has 2 aliphatic carbocycles. The molecule has 1 N–H and O–H groups in total. The van der Waals surface area contributed by atoms with Crippen molar-refractivity contribution >= 4 is 11.8 Å². The molecule has 0 unspecified atom stereocenters. The van der Waals surface area contributed by atoms with Gasteiger partial charge in [-0.1, -0.05) is 33.8 Å². The van der Waals surface area contributed by atoms with Gasteiger partial charge in [0.1, 0.15) is 0 Å². The average molecular weight is 250 g/mol. The van der Waals surface area contributed by atoms with Crippen LogP contribution in [0.3, 0.4) is 0 Å². The Morgan fingerprint density at radius 2 is 2.11 bits per heavy atom. The number of allylic oxidation sites excluding steroid dienone is 1. The molecule has 0 aromatic rings. The highest BCUT2D eigenvalue weighted by Gasteiger charge is 2.63. The first-order chi connectivity index (χ1) is 8.25. The molecule has 0 heterocycles. The van der Waals surface area contributed by atoms with E-state index in [0.717, 1.165) is 18.4 Å². The summed E-state index contributed by atoms with van der Waals surface area (Å²) in [7, 11) is 0. The Bertz CT molecular complexity index is 433. The lowest BCUT2D eigenvalue weighted by atomic mass is 9.70. The van der Waals surface area contributed by atoms with Crippen molar-refractivity contribution in [3.8, 4) is 0 Å². The van der Waals surface area contributed by atoms with E-state index in [1.807, 2.05) is 13.8 Å². The minimum atomic E-state index is -0.830. The summed E-state index contributed by atoms with van der Waals surface area (Å²) in [6, 6.07) is 0. The number of carbonyl (C=O) groups is 2. The molecule has 3 atom stereocenters. The SMILES string of the molecule is CC[C@@H](/C=C1/C(=O)[C@]2(C)CC[C@H]1C2(C)C)C(=O)O. The number of ketones is 1. The van der Waals surface area contributed by atoms with Crippen LogP contribution >= 0.6 is 0 Å². The van der Waals surface area contributed by atoms with Gasteiger partial charge in [0.05, 0.1) is 5.92 Å². The summed E-state index contributed by atoms with van der Waals surface area (Å²) in [5, 5.41) is 9.13. The maximum atomic E-state index is 12.5. The van der Waals surface area contributed by atoms with E-state index in [2.05, 4.69) is 13.8 Å². The van der Waals surface area contributed by atoms with Gasteiger partial charge in [-0.05, 0) is 36.2 Å². The van der Waals surface area contributed by atoms with Crippen molar-refractivity contribution in [1.29, 1.82) is 0 Å². The van der Waals surface area contributed by atoms with Crippen LogP contribution in [-0.2, 0) is 9.59 Å². The number of carboxylic acid groups (broad SMARTS) is 1. The van der Waals surface area contributed by atoms with Crippen LogP contribution in [0.25, 0.3) is 0 Å². The van der Waals surface area contributed by atoms with E-state index < -0.39 is 11.9 Å². The van der Waals surface area contributed by atoms with Crippen molar-refractivity contribution < 1.29 is 14.7 Å². The second kappa shape index (κ2) is 3.94. The molecule has 0 radical (unpaired) electrons. The van der Waals surface area contributed by atoms with Gasteiger partial charge in [-0.15, -0.1) is 0 Å². The third kappa shape index (κ3) is 1.49. The van der Waals surface area contributed by atoms with Gasteiger partial charge >= 0.3 is 5.97 Å². The average Bonchev–Trinajstić information content (AvgIpc) is 2.59. The topological polar surface area (TPSA) is 54.4 Å². The second-order valence-corrected chi connectivity index (χ2v) is 6.45. The normalized spacial score (nSPS) is 37.2. The van der Waals surface area contributed by atoms with Crippen molar-refractivity contribution in [2.45, 2.75) is 47.0 Å². The van der Waals surface area contributed by atoms with Crippen molar-refractivity contribution in [3.05, 3.63) is 11.6 Å². The van der Waals surface area contributed by atoms with Gasteiger partial charge in [0, 0.05) is 5.41 Å². The maximum Gasteiger partial charge on any atom is 0.310 e.